The van der Waals surface area contributed by atoms with Crippen molar-refractivity contribution < 1.29 is 9.84 Å². The van der Waals surface area contributed by atoms with E-state index in [2.05, 4.69) is 56.0 Å². The molecule has 0 saturated carbocycles. The van der Waals surface area contributed by atoms with Crippen molar-refractivity contribution in [3.8, 4) is 5.75 Å². The Morgan fingerprint density at radius 3 is 2.38 bits per heavy atom. The number of nitrogens with zero attached hydrogens (tertiary/aromatic N) is 1. The lowest BCUT2D eigenvalue weighted by molar-refractivity contribution is 0.0867. The van der Waals surface area contributed by atoms with Gasteiger partial charge in [0, 0.05) is 19.1 Å². The standard InChI is InChI=1S/C23H33NO2/c1-5-21(15-23(25)20-12-9-13-22(14-20)26-4)24(16-18(2)3)17-19-10-7-6-8-11-19/h6-14,18,21,23,25H,5,15-17H2,1-4H3. The van der Waals surface area contributed by atoms with Gasteiger partial charge in [-0.3, -0.25) is 4.90 Å². The second kappa shape index (κ2) is 10.3. The van der Waals surface area contributed by atoms with Gasteiger partial charge in [-0.15, -0.1) is 0 Å². The maximum atomic E-state index is 10.8. The summed E-state index contributed by atoms with van der Waals surface area (Å²) in [6, 6.07) is 18.7. The van der Waals surface area contributed by atoms with Crippen LogP contribution in [0.15, 0.2) is 54.6 Å². The predicted molar refractivity (Wildman–Crippen MR) is 108 cm³/mol. The average molecular weight is 356 g/mol. The van der Waals surface area contributed by atoms with Crippen LogP contribution in [0.1, 0.15) is 50.8 Å². The quantitative estimate of drug-likeness (QED) is 0.647. The summed E-state index contributed by atoms with van der Waals surface area (Å²) in [6.07, 6.45) is 1.25. The van der Waals surface area contributed by atoms with Crippen molar-refractivity contribution in [1.82, 2.24) is 4.90 Å². The summed E-state index contributed by atoms with van der Waals surface area (Å²) in [6.45, 7) is 8.66. The summed E-state index contributed by atoms with van der Waals surface area (Å²) in [5.41, 5.74) is 2.24. The van der Waals surface area contributed by atoms with Gasteiger partial charge in [-0.1, -0.05) is 63.2 Å². The van der Waals surface area contributed by atoms with Crippen LogP contribution in [0.25, 0.3) is 0 Å². The third-order valence-corrected chi connectivity index (χ3v) is 4.79. The lowest BCUT2D eigenvalue weighted by Gasteiger charge is -2.34. The monoisotopic (exact) mass is 355 g/mol. The van der Waals surface area contributed by atoms with E-state index in [9.17, 15) is 5.11 Å². The zero-order valence-corrected chi connectivity index (χ0v) is 16.6. The molecule has 3 heteroatoms. The van der Waals surface area contributed by atoms with E-state index in [1.54, 1.807) is 7.11 Å². The second-order valence-corrected chi connectivity index (χ2v) is 7.40. The van der Waals surface area contributed by atoms with Crippen LogP contribution in [0.4, 0.5) is 0 Å². The van der Waals surface area contributed by atoms with Crippen LogP contribution in [-0.4, -0.2) is 29.7 Å². The maximum absolute atomic E-state index is 10.8. The van der Waals surface area contributed by atoms with Crippen molar-refractivity contribution in [3.05, 3.63) is 65.7 Å². The molecule has 0 bridgehead atoms. The van der Waals surface area contributed by atoms with Gasteiger partial charge in [-0.05, 0) is 42.0 Å². The summed E-state index contributed by atoms with van der Waals surface area (Å²) in [4.78, 5) is 2.52. The van der Waals surface area contributed by atoms with E-state index in [0.29, 0.717) is 12.0 Å². The van der Waals surface area contributed by atoms with E-state index in [-0.39, 0.29) is 0 Å². The van der Waals surface area contributed by atoms with Gasteiger partial charge in [0.2, 0.25) is 0 Å². The van der Waals surface area contributed by atoms with Gasteiger partial charge < -0.3 is 9.84 Å². The van der Waals surface area contributed by atoms with E-state index >= 15 is 0 Å². The molecule has 0 aromatic heterocycles. The molecule has 142 valence electrons. The second-order valence-electron chi connectivity index (χ2n) is 7.40. The molecule has 0 aliphatic rings. The zero-order valence-electron chi connectivity index (χ0n) is 16.6. The normalized spacial score (nSPS) is 13.8. The predicted octanol–water partition coefficient (Wildman–Crippen LogP) is 5.06. The summed E-state index contributed by atoms with van der Waals surface area (Å²) in [5, 5.41) is 10.8. The Bertz CT molecular complexity index is 642. The van der Waals surface area contributed by atoms with Gasteiger partial charge in [0.25, 0.3) is 0 Å². The number of hydrogen-bond donors (Lipinski definition) is 1. The SMILES string of the molecule is CCC(CC(O)c1cccc(OC)c1)N(Cc1ccccc1)CC(C)C. The minimum atomic E-state index is -0.486. The van der Waals surface area contributed by atoms with E-state index in [4.69, 9.17) is 4.74 Å². The largest absolute Gasteiger partial charge is 0.497 e. The average Bonchev–Trinajstić information content (AvgIpc) is 2.66. The Morgan fingerprint density at radius 2 is 1.77 bits per heavy atom. The van der Waals surface area contributed by atoms with Gasteiger partial charge >= 0.3 is 0 Å². The highest BCUT2D eigenvalue weighted by molar-refractivity contribution is 5.29. The van der Waals surface area contributed by atoms with Crippen molar-refractivity contribution in [2.75, 3.05) is 13.7 Å². The molecule has 3 nitrogen and oxygen atoms in total. The molecular weight excluding hydrogens is 322 g/mol. The summed E-state index contributed by atoms with van der Waals surface area (Å²) in [7, 11) is 1.66. The van der Waals surface area contributed by atoms with E-state index in [1.165, 1.54) is 5.56 Å². The Labute approximate surface area is 158 Å². The smallest absolute Gasteiger partial charge is 0.119 e. The summed E-state index contributed by atoms with van der Waals surface area (Å²) >= 11 is 0. The third kappa shape index (κ3) is 6.15. The fraction of sp³-hybridized carbons (Fsp3) is 0.478. The molecule has 0 radical (unpaired) electrons. The Morgan fingerprint density at radius 1 is 1.04 bits per heavy atom. The number of benzene rings is 2. The van der Waals surface area contributed by atoms with Crippen LogP contribution in [0.2, 0.25) is 0 Å². The number of aliphatic hydroxyl groups excluding tert-OH is 1. The van der Waals surface area contributed by atoms with Gasteiger partial charge in [0.15, 0.2) is 0 Å². The van der Waals surface area contributed by atoms with Crippen LogP contribution in [-0.2, 0) is 6.54 Å². The fourth-order valence-electron chi connectivity index (χ4n) is 3.45. The van der Waals surface area contributed by atoms with Crippen LogP contribution in [0, 0.1) is 5.92 Å². The molecule has 1 N–H and O–H groups in total. The molecule has 0 spiro atoms. The Kier molecular flexibility index (Phi) is 8.14. The summed E-state index contributed by atoms with van der Waals surface area (Å²) < 4.78 is 5.29. The number of ether oxygens (including phenoxy) is 1. The first-order chi connectivity index (χ1) is 12.5. The summed E-state index contributed by atoms with van der Waals surface area (Å²) in [5.74, 6) is 1.37. The van der Waals surface area contributed by atoms with Crippen molar-refractivity contribution in [1.29, 1.82) is 0 Å². The van der Waals surface area contributed by atoms with Crippen LogP contribution in [0.3, 0.4) is 0 Å². The molecule has 0 amide bonds. The molecule has 0 aliphatic heterocycles. The minimum absolute atomic E-state index is 0.332. The molecule has 0 heterocycles. The highest BCUT2D eigenvalue weighted by Gasteiger charge is 2.22. The fourth-order valence-corrected chi connectivity index (χ4v) is 3.45. The lowest BCUT2D eigenvalue weighted by atomic mass is 9.97. The first-order valence-corrected chi connectivity index (χ1v) is 9.63. The minimum Gasteiger partial charge on any atom is -0.497 e. The van der Waals surface area contributed by atoms with E-state index in [1.807, 2.05) is 24.3 Å². The first-order valence-electron chi connectivity index (χ1n) is 9.63. The van der Waals surface area contributed by atoms with Crippen molar-refractivity contribution in [3.63, 3.8) is 0 Å². The van der Waals surface area contributed by atoms with Crippen molar-refractivity contribution >= 4 is 0 Å². The highest BCUT2D eigenvalue weighted by atomic mass is 16.5. The molecule has 2 aromatic rings. The molecule has 0 saturated heterocycles. The molecule has 2 aromatic carbocycles. The first kappa shape index (κ1) is 20.5. The molecule has 0 aliphatic carbocycles. The number of hydrogen-bond acceptors (Lipinski definition) is 3. The van der Waals surface area contributed by atoms with Gasteiger partial charge in [0.05, 0.1) is 13.2 Å². The van der Waals surface area contributed by atoms with Gasteiger partial charge in [-0.2, -0.15) is 0 Å². The van der Waals surface area contributed by atoms with Crippen LogP contribution < -0.4 is 4.74 Å². The highest BCUT2D eigenvalue weighted by Crippen LogP contribution is 2.26. The van der Waals surface area contributed by atoms with E-state index < -0.39 is 6.10 Å². The zero-order chi connectivity index (χ0) is 18.9. The molecule has 26 heavy (non-hydrogen) atoms. The number of aliphatic hydroxyl groups is 1. The maximum Gasteiger partial charge on any atom is 0.119 e. The van der Waals surface area contributed by atoms with Crippen molar-refractivity contribution in [2.24, 2.45) is 5.92 Å². The van der Waals surface area contributed by atoms with Crippen molar-refractivity contribution in [2.45, 2.75) is 52.3 Å². The molecular formula is C23H33NO2. The van der Waals surface area contributed by atoms with Gasteiger partial charge in [-0.25, -0.2) is 0 Å². The Hall–Kier alpha value is -1.84. The molecule has 2 atom stereocenters. The number of methoxy groups -OCH3 is 1. The Balaban J connectivity index is 2.12. The lowest BCUT2D eigenvalue weighted by Crippen LogP contribution is -2.38. The van der Waals surface area contributed by atoms with Crippen LogP contribution in [0.5, 0.6) is 5.75 Å². The molecule has 2 rings (SSSR count). The molecule has 2 unspecified atom stereocenters. The topological polar surface area (TPSA) is 32.7 Å². The third-order valence-electron chi connectivity index (χ3n) is 4.79. The van der Waals surface area contributed by atoms with Gasteiger partial charge in [0.1, 0.15) is 5.75 Å². The molecule has 0 fully saturated rings. The van der Waals surface area contributed by atoms with E-state index in [0.717, 1.165) is 37.2 Å². The number of rotatable bonds is 10. The van der Waals surface area contributed by atoms with Crippen LogP contribution >= 0.6 is 0 Å².